The van der Waals surface area contributed by atoms with Gasteiger partial charge in [0.05, 0.1) is 5.75 Å². The Hall–Kier alpha value is -2.88. The zero-order valence-electron chi connectivity index (χ0n) is 16.4. The molecule has 0 unspecified atom stereocenters. The Balaban J connectivity index is 1.71. The highest BCUT2D eigenvalue weighted by Gasteiger charge is 2.29. The van der Waals surface area contributed by atoms with E-state index in [1.807, 2.05) is 19.9 Å². The monoisotopic (exact) mass is 421 g/mol. The van der Waals surface area contributed by atoms with Crippen LogP contribution in [0.25, 0.3) is 0 Å². The molecule has 2 rings (SSSR count). The number of ether oxygens (including phenoxy) is 1. The molecule has 0 bridgehead atoms. The summed E-state index contributed by atoms with van der Waals surface area (Å²) in [5, 5.41) is 4.61. The first kappa shape index (κ1) is 22.4. The number of nitrogens with zero attached hydrogens (tertiary/aromatic N) is 1. The van der Waals surface area contributed by atoms with Crippen LogP contribution in [0.1, 0.15) is 28.4 Å². The van der Waals surface area contributed by atoms with Gasteiger partial charge in [-0.25, -0.2) is 0 Å². The van der Waals surface area contributed by atoms with Crippen LogP contribution in [0.3, 0.4) is 0 Å². The number of carbonyl (C=O) groups is 5. The van der Waals surface area contributed by atoms with E-state index >= 15 is 0 Å². The molecular formula is C19H23N3O6S. The Morgan fingerprint density at radius 1 is 1.17 bits per heavy atom. The predicted molar refractivity (Wildman–Crippen MR) is 106 cm³/mol. The van der Waals surface area contributed by atoms with Crippen LogP contribution in [-0.2, 0) is 19.1 Å². The molecule has 9 nitrogen and oxygen atoms in total. The Bertz CT molecular complexity index is 825. The summed E-state index contributed by atoms with van der Waals surface area (Å²) in [6.07, 6.45) is -1.08. The number of nitrogens with one attached hydrogen (secondary N) is 2. The maximum absolute atomic E-state index is 12.1. The smallest absolute Gasteiger partial charge is 0.326 e. The van der Waals surface area contributed by atoms with Crippen LogP contribution in [0, 0.1) is 13.8 Å². The molecule has 1 aliphatic heterocycles. The second kappa shape index (κ2) is 10.1. The van der Waals surface area contributed by atoms with Crippen molar-refractivity contribution < 1.29 is 28.7 Å². The third kappa shape index (κ3) is 6.31. The van der Waals surface area contributed by atoms with Gasteiger partial charge in [-0.15, -0.1) is 0 Å². The molecule has 1 atom stereocenters. The van der Waals surface area contributed by atoms with E-state index in [9.17, 15) is 24.0 Å². The van der Waals surface area contributed by atoms with Crippen molar-refractivity contribution in [2.75, 3.05) is 25.4 Å². The van der Waals surface area contributed by atoms with E-state index in [4.69, 9.17) is 4.74 Å². The summed E-state index contributed by atoms with van der Waals surface area (Å²) >= 11 is 0.915. The quantitative estimate of drug-likeness (QED) is 0.595. The highest BCUT2D eigenvalue weighted by atomic mass is 32.2. The van der Waals surface area contributed by atoms with Crippen molar-refractivity contribution in [1.82, 2.24) is 15.5 Å². The fraction of sp³-hybridized carbons (Fsp3) is 0.421. The third-order valence-electron chi connectivity index (χ3n) is 4.32. The maximum atomic E-state index is 12.1. The zero-order valence-corrected chi connectivity index (χ0v) is 17.3. The Kier molecular flexibility index (Phi) is 7.77. The molecule has 1 heterocycles. The lowest BCUT2D eigenvalue weighted by molar-refractivity contribution is -0.153. The summed E-state index contributed by atoms with van der Waals surface area (Å²) in [7, 11) is 0. The molecule has 1 aromatic carbocycles. The Morgan fingerprint density at radius 2 is 1.90 bits per heavy atom. The van der Waals surface area contributed by atoms with Crippen molar-refractivity contribution in [1.29, 1.82) is 0 Å². The lowest BCUT2D eigenvalue weighted by atomic mass is 10.1. The van der Waals surface area contributed by atoms with Gasteiger partial charge in [-0.1, -0.05) is 17.8 Å². The summed E-state index contributed by atoms with van der Waals surface area (Å²) < 4.78 is 4.99. The molecule has 2 N–H and O–H groups in total. The van der Waals surface area contributed by atoms with Gasteiger partial charge in [0.15, 0.2) is 6.10 Å². The van der Waals surface area contributed by atoms with Crippen molar-refractivity contribution in [3.63, 3.8) is 0 Å². The van der Waals surface area contributed by atoms with Crippen molar-refractivity contribution in [3.8, 4) is 0 Å². The molecule has 0 aliphatic carbocycles. The van der Waals surface area contributed by atoms with E-state index in [1.165, 1.54) is 6.92 Å². The van der Waals surface area contributed by atoms with Crippen LogP contribution in [0.2, 0.25) is 0 Å². The van der Waals surface area contributed by atoms with Gasteiger partial charge in [-0.3, -0.25) is 28.9 Å². The number of hydrogen-bond acceptors (Lipinski definition) is 7. The fourth-order valence-corrected chi connectivity index (χ4v) is 3.21. The minimum absolute atomic E-state index is 0.0578. The summed E-state index contributed by atoms with van der Waals surface area (Å²) in [5.41, 5.74) is 2.44. The number of esters is 1. The van der Waals surface area contributed by atoms with E-state index in [0.717, 1.165) is 27.8 Å². The first-order valence-electron chi connectivity index (χ1n) is 8.98. The van der Waals surface area contributed by atoms with Crippen molar-refractivity contribution in [2.24, 2.45) is 0 Å². The first-order chi connectivity index (χ1) is 13.7. The number of amides is 4. The number of rotatable bonds is 8. The topological polar surface area (TPSA) is 122 Å². The van der Waals surface area contributed by atoms with Gasteiger partial charge >= 0.3 is 5.97 Å². The summed E-state index contributed by atoms with van der Waals surface area (Å²) in [6.45, 7) is 4.94. The van der Waals surface area contributed by atoms with Crippen LogP contribution in [0.5, 0.6) is 0 Å². The highest BCUT2D eigenvalue weighted by Crippen LogP contribution is 2.17. The van der Waals surface area contributed by atoms with Crippen LogP contribution in [-0.4, -0.2) is 65.3 Å². The summed E-state index contributed by atoms with van der Waals surface area (Å²) in [5.74, 6) is -1.93. The van der Waals surface area contributed by atoms with Crippen molar-refractivity contribution >= 4 is 40.7 Å². The van der Waals surface area contributed by atoms with Crippen molar-refractivity contribution in [3.05, 3.63) is 34.9 Å². The molecular weight excluding hydrogens is 398 g/mol. The van der Waals surface area contributed by atoms with Crippen LogP contribution >= 0.6 is 11.8 Å². The molecule has 0 radical (unpaired) electrons. The van der Waals surface area contributed by atoms with Crippen LogP contribution in [0.15, 0.2) is 18.2 Å². The molecule has 4 amide bonds. The molecule has 0 spiro atoms. The third-order valence-corrected chi connectivity index (χ3v) is 5.17. The molecule has 29 heavy (non-hydrogen) atoms. The Morgan fingerprint density at radius 3 is 2.52 bits per heavy atom. The van der Waals surface area contributed by atoms with Gasteiger partial charge in [0, 0.05) is 18.7 Å². The standard InChI is InChI=1S/C19H23N3O6S/c1-11-4-5-14(8-12(11)2)18(26)21-9-16(24)28-13(3)17(25)20-6-7-22-15(23)10-29-19(22)27/h4-5,8,13H,6-7,9-10H2,1-3H3,(H,20,25)(H,21,26)/t13-/m1/s1. The van der Waals surface area contributed by atoms with Gasteiger partial charge in [0.1, 0.15) is 6.54 Å². The largest absolute Gasteiger partial charge is 0.451 e. The average Bonchev–Trinajstić information content (AvgIpc) is 3.00. The van der Waals surface area contributed by atoms with Gasteiger partial charge in [-0.2, -0.15) is 0 Å². The SMILES string of the molecule is Cc1ccc(C(=O)NCC(=O)O[C@H](C)C(=O)NCCN2C(=O)CSC2=O)cc1C. The lowest BCUT2D eigenvalue weighted by Crippen LogP contribution is -2.42. The van der Waals surface area contributed by atoms with Gasteiger partial charge in [0.2, 0.25) is 5.91 Å². The van der Waals surface area contributed by atoms with Gasteiger partial charge in [0.25, 0.3) is 17.1 Å². The van der Waals surface area contributed by atoms with Crippen molar-refractivity contribution in [2.45, 2.75) is 26.9 Å². The molecule has 10 heteroatoms. The molecule has 1 fully saturated rings. The van der Waals surface area contributed by atoms with E-state index in [2.05, 4.69) is 10.6 Å². The minimum Gasteiger partial charge on any atom is -0.451 e. The summed E-state index contributed by atoms with van der Waals surface area (Å²) in [6, 6.07) is 5.20. The number of aryl methyl sites for hydroxylation is 2. The first-order valence-corrected chi connectivity index (χ1v) is 9.97. The number of hydrogen-bond donors (Lipinski definition) is 2. The molecule has 0 aromatic heterocycles. The van der Waals surface area contributed by atoms with Gasteiger partial charge in [-0.05, 0) is 44.0 Å². The lowest BCUT2D eigenvalue weighted by Gasteiger charge is -2.16. The van der Waals surface area contributed by atoms with Gasteiger partial charge < -0.3 is 15.4 Å². The van der Waals surface area contributed by atoms with E-state index < -0.39 is 23.9 Å². The van der Waals surface area contributed by atoms with Crippen LogP contribution in [0.4, 0.5) is 4.79 Å². The molecule has 156 valence electrons. The number of benzene rings is 1. The fourth-order valence-electron chi connectivity index (χ4n) is 2.46. The molecule has 1 aliphatic rings. The Labute approximate surface area is 172 Å². The number of carbonyl (C=O) groups excluding carboxylic acids is 5. The second-order valence-corrected chi connectivity index (χ2v) is 7.43. The van der Waals surface area contributed by atoms with E-state index in [0.29, 0.717) is 5.56 Å². The maximum Gasteiger partial charge on any atom is 0.326 e. The second-order valence-electron chi connectivity index (χ2n) is 6.50. The minimum atomic E-state index is -1.08. The predicted octanol–water partition coefficient (Wildman–Crippen LogP) is 0.777. The molecule has 1 saturated heterocycles. The summed E-state index contributed by atoms with van der Waals surface area (Å²) in [4.78, 5) is 59.9. The highest BCUT2D eigenvalue weighted by molar-refractivity contribution is 8.14. The normalized spacial score (nSPS) is 14.5. The average molecular weight is 421 g/mol. The number of thioether (sulfide) groups is 1. The van der Waals surface area contributed by atoms with E-state index in [1.54, 1.807) is 12.1 Å². The zero-order chi connectivity index (χ0) is 21.6. The number of imide groups is 1. The molecule has 0 saturated carbocycles. The molecule has 1 aromatic rings. The van der Waals surface area contributed by atoms with E-state index in [-0.39, 0.29) is 36.5 Å². The van der Waals surface area contributed by atoms with Crippen LogP contribution < -0.4 is 10.6 Å².